The van der Waals surface area contributed by atoms with Crippen molar-refractivity contribution in [2.75, 3.05) is 23.3 Å². The van der Waals surface area contributed by atoms with Gasteiger partial charge in [0.25, 0.3) is 0 Å². The second-order valence-corrected chi connectivity index (χ2v) is 8.22. The molecule has 1 aromatic carbocycles. The van der Waals surface area contributed by atoms with Crippen molar-refractivity contribution in [1.82, 2.24) is 15.3 Å². The van der Waals surface area contributed by atoms with Gasteiger partial charge in [0.05, 0.1) is 6.54 Å². The lowest BCUT2D eigenvalue weighted by molar-refractivity contribution is 0.440. The van der Waals surface area contributed by atoms with Gasteiger partial charge in [-0.2, -0.15) is 9.97 Å². The first-order valence-corrected chi connectivity index (χ1v) is 10.9. The van der Waals surface area contributed by atoms with Gasteiger partial charge in [-0.25, -0.2) is 0 Å². The van der Waals surface area contributed by atoms with E-state index in [4.69, 9.17) is 26.4 Å². The van der Waals surface area contributed by atoms with E-state index in [1.165, 1.54) is 6.42 Å². The van der Waals surface area contributed by atoms with Crippen LogP contribution in [0.4, 0.5) is 11.8 Å². The summed E-state index contributed by atoms with van der Waals surface area (Å²) in [5, 5.41) is 6.63. The third-order valence-corrected chi connectivity index (χ3v) is 5.33. The molecule has 2 aromatic heterocycles. The van der Waals surface area contributed by atoms with E-state index < -0.39 is 0 Å². The molecule has 4 rings (SSSR count). The highest BCUT2D eigenvalue weighted by atomic mass is 32.1. The van der Waals surface area contributed by atoms with E-state index in [1.807, 2.05) is 55.5 Å². The van der Waals surface area contributed by atoms with Crippen molar-refractivity contribution in [3.05, 3.63) is 60.1 Å². The number of furan rings is 1. The molecule has 8 heteroatoms. The summed E-state index contributed by atoms with van der Waals surface area (Å²) in [5.41, 5.74) is 0. The van der Waals surface area contributed by atoms with E-state index in [1.54, 1.807) is 0 Å². The average Bonchev–Trinajstić information content (AvgIpc) is 3.18. The fraction of sp³-hybridized carbons (Fsp3) is 0.348. The van der Waals surface area contributed by atoms with Gasteiger partial charge in [-0.05, 0) is 62.2 Å². The Kier molecular flexibility index (Phi) is 6.66. The number of nitrogens with one attached hydrogen (secondary N) is 2. The van der Waals surface area contributed by atoms with Crippen LogP contribution in [-0.2, 0) is 6.54 Å². The summed E-state index contributed by atoms with van der Waals surface area (Å²) in [7, 11) is 0. The van der Waals surface area contributed by atoms with Crippen LogP contribution in [0.15, 0.2) is 52.9 Å². The third-order valence-electron chi connectivity index (χ3n) is 5.08. The van der Waals surface area contributed by atoms with Crippen LogP contribution in [0.2, 0.25) is 0 Å². The van der Waals surface area contributed by atoms with Crippen LogP contribution in [0, 0.1) is 12.8 Å². The van der Waals surface area contributed by atoms with E-state index in [2.05, 4.69) is 27.4 Å². The van der Waals surface area contributed by atoms with Crippen LogP contribution in [0.25, 0.3) is 0 Å². The normalized spacial score (nSPS) is 16.1. The number of anilines is 2. The third kappa shape index (κ3) is 5.95. The lowest BCUT2D eigenvalue weighted by atomic mass is 10.0. The summed E-state index contributed by atoms with van der Waals surface area (Å²) in [5.74, 6) is 4.73. The molecule has 0 bridgehead atoms. The molecular weight excluding hydrogens is 410 g/mol. The molecule has 162 valence electrons. The van der Waals surface area contributed by atoms with E-state index in [-0.39, 0.29) is 0 Å². The molecule has 0 aliphatic carbocycles. The van der Waals surface area contributed by atoms with Crippen molar-refractivity contribution in [2.45, 2.75) is 33.2 Å². The summed E-state index contributed by atoms with van der Waals surface area (Å²) in [6.07, 6.45) is 2.38. The molecule has 0 saturated carbocycles. The maximum absolute atomic E-state index is 5.99. The Labute approximate surface area is 187 Å². The van der Waals surface area contributed by atoms with Gasteiger partial charge in [0.15, 0.2) is 5.11 Å². The highest BCUT2D eigenvalue weighted by Gasteiger charge is 2.20. The van der Waals surface area contributed by atoms with Gasteiger partial charge in [-0.3, -0.25) is 0 Å². The fourth-order valence-electron chi connectivity index (χ4n) is 3.58. The molecule has 31 heavy (non-hydrogen) atoms. The summed E-state index contributed by atoms with van der Waals surface area (Å²) in [6, 6.07) is 15.3. The number of benzene rings is 1. The van der Waals surface area contributed by atoms with Crippen molar-refractivity contribution in [3.63, 3.8) is 0 Å². The van der Waals surface area contributed by atoms with Gasteiger partial charge in [-0.15, -0.1) is 0 Å². The van der Waals surface area contributed by atoms with Gasteiger partial charge >= 0.3 is 0 Å². The molecule has 1 fully saturated rings. The van der Waals surface area contributed by atoms with Crippen molar-refractivity contribution in [3.8, 4) is 11.6 Å². The van der Waals surface area contributed by atoms with E-state index in [0.29, 0.717) is 29.4 Å². The summed E-state index contributed by atoms with van der Waals surface area (Å²) >= 11 is 5.44. The number of ether oxygens (including phenoxy) is 1. The Hall–Kier alpha value is -3.13. The van der Waals surface area contributed by atoms with E-state index >= 15 is 0 Å². The van der Waals surface area contributed by atoms with Crippen molar-refractivity contribution in [2.24, 2.45) is 5.92 Å². The molecule has 1 atom stereocenters. The topological polar surface area (TPSA) is 75.5 Å². The first-order chi connectivity index (χ1) is 15.0. The molecular formula is C23H27N5O2S. The minimum absolute atomic E-state index is 0.398. The molecule has 3 aromatic rings. The smallest absolute Gasteiger partial charge is 0.234 e. The number of aromatic nitrogens is 2. The average molecular weight is 438 g/mol. The zero-order valence-corrected chi connectivity index (χ0v) is 18.6. The molecule has 1 aliphatic rings. The van der Waals surface area contributed by atoms with Gasteiger partial charge in [0.2, 0.25) is 11.8 Å². The lowest BCUT2D eigenvalue weighted by Crippen LogP contribution is -2.35. The van der Waals surface area contributed by atoms with Crippen molar-refractivity contribution >= 4 is 29.1 Å². The van der Waals surface area contributed by atoms with E-state index in [0.717, 1.165) is 42.6 Å². The first kappa shape index (κ1) is 21.1. The number of rotatable bonds is 6. The second-order valence-electron chi connectivity index (χ2n) is 7.82. The first-order valence-electron chi connectivity index (χ1n) is 10.5. The summed E-state index contributed by atoms with van der Waals surface area (Å²) in [6.45, 7) is 6.59. The number of piperidine rings is 1. The van der Waals surface area contributed by atoms with Crippen molar-refractivity contribution < 1.29 is 9.15 Å². The van der Waals surface area contributed by atoms with Gasteiger partial charge in [-0.1, -0.05) is 25.1 Å². The van der Waals surface area contributed by atoms with Crippen molar-refractivity contribution in [1.29, 1.82) is 0 Å². The van der Waals surface area contributed by atoms with Gasteiger partial charge in [0, 0.05) is 19.2 Å². The number of nitrogens with zero attached hydrogens (tertiary/aromatic N) is 3. The van der Waals surface area contributed by atoms with E-state index in [9.17, 15) is 0 Å². The minimum Gasteiger partial charge on any atom is -0.465 e. The predicted molar refractivity (Wildman–Crippen MR) is 126 cm³/mol. The van der Waals surface area contributed by atoms with Crippen LogP contribution in [-0.4, -0.2) is 28.2 Å². The van der Waals surface area contributed by atoms with Crippen LogP contribution >= 0.6 is 12.2 Å². The number of hydrogen-bond acceptors (Lipinski definition) is 6. The Bertz CT molecular complexity index is 1020. The number of para-hydroxylation sites is 1. The largest absolute Gasteiger partial charge is 0.465 e. The summed E-state index contributed by atoms with van der Waals surface area (Å²) in [4.78, 5) is 11.5. The monoisotopic (exact) mass is 437 g/mol. The molecule has 1 saturated heterocycles. The zero-order chi connectivity index (χ0) is 21.6. The maximum atomic E-state index is 5.99. The molecule has 0 unspecified atom stereocenters. The highest BCUT2D eigenvalue weighted by Crippen LogP contribution is 2.27. The minimum atomic E-state index is 0.398. The molecule has 0 radical (unpaired) electrons. The fourth-order valence-corrected chi connectivity index (χ4v) is 3.75. The Morgan fingerprint density at radius 1 is 1.23 bits per heavy atom. The SMILES string of the molecule is Cc1ccc(CNC(=S)Nc2nc(Oc3ccccc3)cc(N3CCC[C@@H](C)C3)n2)o1. The van der Waals surface area contributed by atoms with Crippen LogP contribution in [0.1, 0.15) is 31.3 Å². The number of aryl methyl sites for hydroxylation is 1. The summed E-state index contributed by atoms with van der Waals surface area (Å²) < 4.78 is 11.6. The number of thiocarbonyl (C=S) groups is 1. The van der Waals surface area contributed by atoms with Crippen LogP contribution in [0.3, 0.4) is 0 Å². The Morgan fingerprint density at radius 2 is 2.06 bits per heavy atom. The van der Waals surface area contributed by atoms with Crippen LogP contribution in [0.5, 0.6) is 11.6 Å². The standard InChI is InChI=1S/C23H27N5O2S/c1-16-7-6-12-28(15-16)20-13-21(30-18-8-4-3-5-9-18)26-22(25-20)27-23(31)24-14-19-11-10-17(2)29-19/h3-5,8-11,13,16H,6-7,12,14-15H2,1-2H3,(H2,24,25,26,27,31)/t16-/m1/s1. The van der Waals surface area contributed by atoms with Gasteiger partial charge < -0.3 is 24.7 Å². The second kappa shape index (κ2) is 9.78. The van der Waals surface area contributed by atoms with Gasteiger partial charge in [0.1, 0.15) is 23.1 Å². The molecule has 0 spiro atoms. The Balaban J connectivity index is 1.51. The maximum Gasteiger partial charge on any atom is 0.234 e. The molecule has 2 N–H and O–H groups in total. The Morgan fingerprint density at radius 3 is 2.81 bits per heavy atom. The molecule has 0 amide bonds. The quantitative estimate of drug-likeness (QED) is 0.528. The lowest BCUT2D eigenvalue weighted by Gasteiger charge is -2.32. The highest BCUT2D eigenvalue weighted by molar-refractivity contribution is 7.80. The zero-order valence-electron chi connectivity index (χ0n) is 17.8. The number of hydrogen-bond donors (Lipinski definition) is 2. The molecule has 7 nitrogen and oxygen atoms in total. The predicted octanol–water partition coefficient (Wildman–Crippen LogP) is 4.89. The molecule has 1 aliphatic heterocycles. The van der Waals surface area contributed by atoms with Crippen LogP contribution < -0.4 is 20.3 Å². The molecule has 3 heterocycles.